The summed E-state index contributed by atoms with van der Waals surface area (Å²) < 4.78 is 10.9. The van der Waals surface area contributed by atoms with Crippen LogP contribution in [-0.4, -0.2) is 97.0 Å². The number of hydrogen-bond donors (Lipinski definition) is 3. The van der Waals surface area contributed by atoms with Gasteiger partial charge in [-0.1, -0.05) is 0 Å². The molecule has 1 aromatic carbocycles. The molecular formula is C22H30N8O2S. The summed E-state index contributed by atoms with van der Waals surface area (Å²) in [4.78, 5) is 14.2. The van der Waals surface area contributed by atoms with Crippen LogP contribution in [-0.2, 0) is 9.47 Å². The van der Waals surface area contributed by atoms with E-state index in [0.29, 0.717) is 5.95 Å². The first-order valence-corrected chi connectivity index (χ1v) is 12.6. The Morgan fingerprint density at radius 2 is 1.73 bits per heavy atom. The van der Waals surface area contributed by atoms with Gasteiger partial charge in [0.25, 0.3) is 0 Å². The van der Waals surface area contributed by atoms with Crippen LogP contribution >= 0.6 is 11.8 Å². The Labute approximate surface area is 197 Å². The third-order valence-electron chi connectivity index (χ3n) is 5.90. The van der Waals surface area contributed by atoms with Gasteiger partial charge < -0.3 is 25.0 Å². The lowest BCUT2D eigenvalue weighted by Gasteiger charge is -2.28. The maximum absolute atomic E-state index is 5.45. The van der Waals surface area contributed by atoms with Crippen molar-refractivity contribution in [3.05, 3.63) is 24.3 Å². The summed E-state index contributed by atoms with van der Waals surface area (Å²) >= 11 is 1.58. The molecule has 0 radical (unpaired) electrons. The largest absolute Gasteiger partial charge is 0.379 e. The first-order valence-electron chi connectivity index (χ1n) is 11.3. The minimum Gasteiger partial charge on any atom is -0.379 e. The molecule has 11 heteroatoms. The lowest BCUT2D eigenvalue weighted by Crippen LogP contribution is -2.39. The molecule has 0 bridgehead atoms. The third kappa shape index (κ3) is 5.32. The molecule has 0 aliphatic carbocycles. The minimum absolute atomic E-state index is 0.534. The second kappa shape index (κ2) is 10.6. The van der Waals surface area contributed by atoms with Gasteiger partial charge in [0, 0.05) is 50.6 Å². The van der Waals surface area contributed by atoms with Crippen LogP contribution in [0, 0.1) is 0 Å². The monoisotopic (exact) mass is 470 g/mol. The summed E-state index contributed by atoms with van der Waals surface area (Å²) in [6, 6.07) is 8.36. The molecule has 2 saturated heterocycles. The van der Waals surface area contributed by atoms with E-state index in [1.165, 1.54) is 5.69 Å². The highest BCUT2D eigenvalue weighted by molar-refractivity contribution is 7.98. The third-order valence-corrected chi connectivity index (χ3v) is 6.59. The molecule has 5 rings (SSSR count). The predicted octanol–water partition coefficient (Wildman–Crippen LogP) is 2.40. The van der Waals surface area contributed by atoms with Gasteiger partial charge in [-0.25, -0.2) is 0 Å². The molecule has 0 spiro atoms. The molecule has 10 nitrogen and oxygen atoms in total. The molecule has 3 aromatic rings. The fourth-order valence-corrected chi connectivity index (χ4v) is 4.63. The minimum atomic E-state index is 0.534. The number of nitrogens with one attached hydrogen (secondary N) is 3. The van der Waals surface area contributed by atoms with Crippen molar-refractivity contribution >= 4 is 45.9 Å². The fraction of sp³-hybridized carbons (Fsp3) is 0.500. The Hall–Kier alpha value is -2.60. The number of ether oxygens (including phenoxy) is 2. The molecule has 2 aliphatic heterocycles. The van der Waals surface area contributed by atoms with Crippen molar-refractivity contribution in [1.29, 1.82) is 0 Å². The second-order valence-corrected chi connectivity index (χ2v) is 8.80. The van der Waals surface area contributed by atoms with Gasteiger partial charge in [0.2, 0.25) is 5.95 Å². The molecule has 4 heterocycles. The number of thioether (sulfide) groups is 1. The number of benzene rings is 1. The van der Waals surface area contributed by atoms with Crippen LogP contribution in [0.5, 0.6) is 0 Å². The number of aromatic nitrogens is 4. The summed E-state index contributed by atoms with van der Waals surface area (Å²) in [6.07, 6.45) is 2.01. The molecule has 3 N–H and O–H groups in total. The Balaban J connectivity index is 1.31. The van der Waals surface area contributed by atoms with Crippen molar-refractivity contribution in [2.45, 2.75) is 5.03 Å². The van der Waals surface area contributed by atoms with Crippen LogP contribution in [0.4, 0.5) is 23.1 Å². The van der Waals surface area contributed by atoms with E-state index in [9.17, 15) is 0 Å². The zero-order valence-electron chi connectivity index (χ0n) is 18.8. The summed E-state index contributed by atoms with van der Waals surface area (Å²) in [5.41, 5.74) is 2.86. The van der Waals surface area contributed by atoms with E-state index >= 15 is 0 Å². The number of morpholine rings is 2. The van der Waals surface area contributed by atoms with Gasteiger partial charge in [0.05, 0.1) is 31.8 Å². The van der Waals surface area contributed by atoms with Gasteiger partial charge >= 0.3 is 0 Å². The lowest BCUT2D eigenvalue weighted by molar-refractivity contribution is 0.0398. The molecule has 0 saturated carbocycles. The average Bonchev–Trinajstić information content (AvgIpc) is 3.29. The number of H-pyrrole nitrogens is 1. The Bertz CT molecular complexity index is 1050. The first kappa shape index (κ1) is 22.2. The maximum atomic E-state index is 5.45. The average molecular weight is 471 g/mol. The topological polar surface area (TPSA) is 103 Å². The fourth-order valence-electron chi connectivity index (χ4n) is 4.10. The standard InChI is InChI=1S/C22H30N8O2S/c1-33-21-18-19(23-6-7-29-8-12-31-13-9-29)25-22(26-20(18)27-28-21)24-16-2-4-17(5-3-16)30-10-14-32-15-11-30/h2-5H,6-15H2,1H3,(H3,23,24,25,26,27,28). The van der Waals surface area contributed by atoms with Crippen molar-refractivity contribution in [3.8, 4) is 0 Å². The lowest BCUT2D eigenvalue weighted by atomic mass is 10.2. The number of nitrogens with zero attached hydrogens (tertiary/aromatic N) is 5. The number of hydrogen-bond acceptors (Lipinski definition) is 10. The van der Waals surface area contributed by atoms with E-state index in [1.807, 2.05) is 6.26 Å². The molecule has 0 amide bonds. The van der Waals surface area contributed by atoms with E-state index < -0.39 is 0 Å². The Morgan fingerprint density at radius 1 is 1.00 bits per heavy atom. The van der Waals surface area contributed by atoms with Crippen molar-refractivity contribution in [3.63, 3.8) is 0 Å². The number of anilines is 4. The van der Waals surface area contributed by atoms with Crippen LogP contribution in [0.15, 0.2) is 29.3 Å². The molecule has 2 fully saturated rings. The molecule has 0 unspecified atom stereocenters. The summed E-state index contributed by atoms with van der Waals surface area (Å²) in [7, 11) is 0. The second-order valence-electron chi connectivity index (χ2n) is 8.00. The van der Waals surface area contributed by atoms with E-state index in [4.69, 9.17) is 14.5 Å². The summed E-state index contributed by atoms with van der Waals surface area (Å²) in [5, 5.41) is 16.1. The van der Waals surface area contributed by atoms with Crippen molar-refractivity contribution in [2.75, 3.05) is 87.5 Å². The van der Waals surface area contributed by atoms with Crippen LogP contribution in [0.3, 0.4) is 0 Å². The van der Waals surface area contributed by atoms with Gasteiger partial charge in [-0.15, -0.1) is 11.8 Å². The molecule has 176 valence electrons. The molecule has 2 aliphatic rings. The summed E-state index contributed by atoms with van der Waals surface area (Å²) in [6.45, 7) is 8.66. The highest BCUT2D eigenvalue weighted by Gasteiger charge is 2.16. The van der Waals surface area contributed by atoms with Gasteiger partial charge in [-0.2, -0.15) is 15.1 Å². The Morgan fingerprint density at radius 3 is 2.45 bits per heavy atom. The van der Waals surface area contributed by atoms with Crippen LogP contribution < -0.4 is 15.5 Å². The van der Waals surface area contributed by atoms with Gasteiger partial charge in [0.1, 0.15) is 10.8 Å². The van der Waals surface area contributed by atoms with Crippen molar-refractivity contribution < 1.29 is 9.47 Å². The predicted molar refractivity (Wildman–Crippen MR) is 132 cm³/mol. The zero-order chi connectivity index (χ0) is 22.5. The summed E-state index contributed by atoms with van der Waals surface area (Å²) in [5.74, 6) is 1.32. The number of aromatic amines is 1. The Kier molecular flexibility index (Phi) is 7.10. The van der Waals surface area contributed by atoms with Crippen molar-refractivity contribution in [2.24, 2.45) is 0 Å². The highest BCUT2D eigenvalue weighted by atomic mass is 32.2. The molecular weight excluding hydrogens is 440 g/mol. The van der Waals surface area contributed by atoms with Gasteiger partial charge in [0.15, 0.2) is 5.65 Å². The van der Waals surface area contributed by atoms with Crippen LogP contribution in [0.25, 0.3) is 11.0 Å². The number of rotatable bonds is 8. The zero-order valence-corrected chi connectivity index (χ0v) is 19.7. The van der Waals surface area contributed by atoms with E-state index in [-0.39, 0.29) is 0 Å². The van der Waals surface area contributed by atoms with Crippen LogP contribution in [0.1, 0.15) is 0 Å². The SMILES string of the molecule is CSc1n[nH]c2nc(Nc3ccc(N4CCOCC4)cc3)nc(NCCN3CCOCC3)c12. The molecule has 2 aromatic heterocycles. The van der Waals surface area contributed by atoms with Gasteiger partial charge in [-0.3, -0.25) is 10.00 Å². The number of fused-ring (bicyclic) bond motifs is 1. The van der Waals surface area contributed by atoms with E-state index in [0.717, 1.165) is 93.3 Å². The maximum Gasteiger partial charge on any atom is 0.231 e. The first-order chi connectivity index (χ1) is 16.3. The van der Waals surface area contributed by atoms with Crippen molar-refractivity contribution in [1.82, 2.24) is 25.1 Å². The highest BCUT2D eigenvalue weighted by Crippen LogP contribution is 2.30. The normalized spacial score (nSPS) is 17.4. The molecule has 0 atom stereocenters. The quantitative estimate of drug-likeness (QED) is 0.425. The van der Waals surface area contributed by atoms with E-state index in [1.54, 1.807) is 11.8 Å². The van der Waals surface area contributed by atoms with Crippen LogP contribution in [0.2, 0.25) is 0 Å². The smallest absolute Gasteiger partial charge is 0.231 e. The van der Waals surface area contributed by atoms with E-state index in [2.05, 4.69) is 59.9 Å². The molecule has 33 heavy (non-hydrogen) atoms. The van der Waals surface area contributed by atoms with Gasteiger partial charge in [-0.05, 0) is 30.5 Å².